The van der Waals surface area contributed by atoms with Crippen molar-refractivity contribution in [1.82, 2.24) is 4.98 Å². The van der Waals surface area contributed by atoms with Crippen LogP contribution < -0.4 is 0 Å². The Morgan fingerprint density at radius 3 is 2.36 bits per heavy atom. The molecule has 8 nitrogen and oxygen atoms in total. The molecule has 1 N–H and O–H groups in total. The molecule has 0 saturated carbocycles. The Morgan fingerprint density at radius 2 is 1.62 bits per heavy atom. The molecule has 10 heteroatoms. The van der Waals surface area contributed by atoms with E-state index in [0.29, 0.717) is 46.8 Å². The van der Waals surface area contributed by atoms with E-state index in [4.69, 9.17) is 30.8 Å². The lowest BCUT2D eigenvalue weighted by molar-refractivity contribution is 0.00558. The summed E-state index contributed by atoms with van der Waals surface area (Å²) < 4.78 is 34.7. The Morgan fingerprint density at radius 1 is 0.949 bits per heavy atom. The third-order valence-corrected chi connectivity index (χ3v) is 10.4. The van der Waals surface area contributed by atoms with Crippen molar-refractivity contribution in [2.45, 2.75) is 43.7 Å². The van der Waals surface area contributed by atoms with Gasteiger partial charge in [-0.05, 0) is 42.2 Å². The average molecular weight is 566 g/mol. The zero-order valence-electron chi connectivity index (χ0n) is 21.2. The number of benzene rings is 2. The summed E-state index contributed by atoms with van der Waals surface area (Å²) in [5.74, 6) is 1.95. The molecule has 0 amide bonds. The van der Waals surface area contributed by atoms with Gasteiger partial charge in [0, 0.05) is 17.1 Å². The van der Waals surface area contributed by atoms with Crippen LogP contribution in [-0.2, 0) is 30.4 Å². The fraction of sp³-hybridized carbons (Fsp3) is 0.379. The molecule has 4 aliphatic heterocycles. The van der Waals surface area contributed by atoms with Crippen LogP contribution in [0.2, 0.25) is 5.02 Å². The van der Waals surface area contributed by atoms with Crippen LogP contribution >= 0.6 is 11.6 Å². The van der Waals surface area contributed by atoms with E-state index in [2.05, 4.69) is 9.36 Å². The molecule has 0 aliphatic carbocycles. The predicted molar refractivity (Wildman–Crippen MR) is 150 cm³/mol. The molecule has 7 rings (SSSR count). The summed E-state index contributed by atoms with van der Waals surface area (Å²) in [5, 5.41) is 10.5. The van der Waals surface area contributed by atoms with Crippen LogP contribution in [0, 0.1) is 0 Å². The molecule has 0 bridgehead atoms. The summed E-state index contributed by atoms with van der Waals surface area (Å²) in [7, 11) is -2.08. The van der Waals surface area contributed by atoms with Crippen LogP contribution in [0.4, 0.5) is 11.4 Å². The van der Waals surface area contributed by atoms with E-state index in [1.54, 1.807) is 0 Å². The topological polar surface area (TPSA) is 103 Å². The highest BCUT2D eigenvalue weighted by atomic mass is 35.5. The quantitative estimate of drug-likeness (QED) is 0.472. The summed E-state index contributed by atoms with van der Waals surface area (Å²) in [4.78, 5) is 9.42. The van der Waals surface area contributed by atoms with Crippen molar-refractivity contribution in [2.24, 2.45) is 9.36 Å². The van der Waals surface area contributed by atoms with Crippen molar-refractivity contribution in [2.75, 3.05) is 24.7 Å². The van der Waals surface area contributed by atoms with E-state index in [-0.39, 0.29) is 24.9 Å². The number of nitrogens with zero attached hydrogens (tertiary/aromatic N) is 3. The van der Waals surface area contributed by atoms with Crippen molar-refractivity contribution >= 4 is 38.6 Å². The normalized spacial score (nSPS) is 26.8. The van der Waals surface area contributed by atoms with Gasteiger partial charge < -0.3 is 19.3 Å². The first-order valence-electron chi connectivity index (χ1n) is 13.2. The SMILES string of the molecule is O=S1(=Nc2ccc(-c3ccc(-c4nc5c(cc4Cl)N=C(O[C@@H]4CO[C@H]6[C@@H]4OC[C@H]6O)C5)cc3)cc2)CCCC1. The zero-order chi connectivity index (χ0) is 26.6. The molecule has 0 spiro atoms. The third-order valence-electron chi connectivity index (χ3n) is 7.67. The molecular formula is C29H28ClN3O5S. The second kappa shape index (κ2) is 9.98. The number of ether oxygens (including phenoxy) is 3. The highest BCUT2D eigenvalue weighted by Gasteiger charge is 2.49. The number of aliphatic hydroxyl groups excluding tert-OH is 1. The summed E-state index contributed by atoms with van der Waals surface area (Å²) in [6.45, 7) is 0.608. The van der Waals surface area contributed by atoms with Gasteiger partial charge >= 0.3 is 0 Å². The van der Waals surface area contributed by atoms with Crippen molar-refractivity contribution in [3.63, 3.8) is 0 Å². The molecule has 0 radical (unpaired) electrons. The van der Waals surface area contributed by atoms with E-state index in [0.717, 1.165) is 40.9 Å². The lowest BCUT2D eigenvalue weighted by atomic mass is 10.0. The Balaban J connectivity index is 1.05. The minimum atomic E-state index is -2.08. The molecule has 4 aliphatic rings. The summed E-state index contributed by atoms with van der Waals surface area (Å²) in [6, 6.07) is 17.8. The minimum absolute atomic E-state index is 0.255. The molecule has 5 heterocycles. The summed E-state index contributed by atoms with van der Waals surface area (Å²) >= 11 is 6.63. The van der Waals surface area contributed by atoms with Gasteiger partial charge in [-0.25, -0.2) is 14.2 Å². The first-order chi connectivity index (χ1) is 18.9. The van der Waals surface area contributed by atoms with Gasteiger partial charge in [0.15, 0.2) is 12.0 Å². The molecule has 4 atom stereocenters. The summed E-state index contributed by atoms with van der Waals surface area (Å²) in [6.07, 6.45) is 0.875. The third kappa shape index (κ3) is 4.87. The Hall–Kier alpha value is -2.82. The van der Waals surface area contributed by atoms with Gasteiger partial charge in [-0.1, -0.05) is 48.0 Å². The molecule has 3 aromatic rings. The molecule has 1 aromatic heterocycles. The van der Waals surface area contributed by atoms with Crippen LogP contribution in [-0.4, -0.2) is 69.3 Å². The molecule has 3 fully saturated rings. The van der Waals surface area contributed by atoms with Gasteiger partial charge in [-0.15, -0.1) is 0 Å². The monoisotopic (exact) mass is 565 g/mol. The number of aliphatic hydroxyl groups is 1. The van der Waals surface area contributed by atoms with Gasteiger partial charge in [0.1, 0.15) is 18.3 Å². The second-order valence-corrected chi connectivity index (χ2v) is 13.3. The largest absolute Gasteiger partial charge is 0.472 e. The van der Waals surface area contributed by atoms with E-state index >= 15 is 0 Å². The van der Waals surface area contributed by atoms with E-state index in [1.165, 1.54) is 0 Å². The number of aromatic nitrogens is 1. The average Bonchev–Trinajstić information content (AvgIpc) is 3.71. The van der Waals surface area contributed by atoms with Crippen LogP contribution in [0.15, 0.2) is 64.0 Å². The van der Waals surface area contributed by atoms with E-state index < -0.39 is 15.8 Å². The predicted octanol–water partition coefficient (Wildman–Crippen LogP) is 5.09. The smallest absolute Gasteiger partial charge is 0.195 e. The lowest BCUT2D eigenvalue weighted by Crippen LogP contribution is -2.34. The number of rotatable bonds is 4. The number of halogens is 1. The van der Waals surface area contributed by atoms with E-state index in [9.17, 15) is 9.32 Å². The Bertz CT molecular complexity index is 1550. The van der Waals surface area contributed by atoms with Crippen LogP contribution in [0.5, 0.6) is 0 Å². The minimum Gasteiger partial charge on any atom is -0.472 e. The first kappa shape index (κ1) is 25.2. The highest BCUT2D eigenvalue weighted by Crippen LogP contribution is 2.37. The summed E-state index contributed by atoms with van der Waals surface area (Å²) in [5.41, 5.74) is 5.99. The van der Waals surface area contributed by atoms with Crippen LogP contribution in [0.1, 0.15) is 18.5 Å². The standard InChI is InChI=1S/C29H28ClN3O5S/c30-21-13-22-23(14-26(31-22)38-25-16-37-28-24(34)15-36-29(25)28)32-27(21)19-5-3-17(4-6-19)18-7-9-20(10-8-18)33-39(35)11-1-2-12-39/h3-10,13,24-25,28-29,34H,1-2,11-12,14-16H2/t24-,25-,28-,29-/m1/s1. The van der Waals surface area contributed by atoms with Crippen molar-refractivity contribution in [1.29, 1.82) is 0 Å². The molecule has 0 unspecified atom stereocenters. The molecule has 3 saturated heterocycles. The zero-order valence-corrected chi connectivity index (χ0v) is 22.7. The Kier molecular flexibility index (Phi) is 6.44. The second-order valence-electron chi connectivity index (χ2n) is 10.4. The first-order valence-corrected chi connectivity index (χ1v) is 15.5. The van der Waals surface area contributed by atoms with Crippen molar-refractivity contribution in [3.05, 3.63) is 65.3 Å². The molecular weight excluding hydrogens is 538 g/mol. The van der Waals surface area contributed by atoms with Crippen molar-refractivity contribution < 1.29 is 23.5 Å². The Labute approximate surface area is 232 Å². The fourth-order valence-corrected chi connectivity index (χ4v) is 8.09. The molecule has 2 aromatic carbocycles. The van der Waals surface area contributed by atoms with Gasteiger partial charge in [0.25, 0.3) is 0 Å². The maximum Gasteiger partial charge on any atom is 0.195 e. The maximum absolute atomic E-state index is 12.7. The number of hydrogen-bond acceptors (Lipinski definition) is 8. The van der Waals surface area contributed by atoms with Crippen molar-refractivity contribution in [3.8, 4) is 22.4 Å². The van der Waals surface area contributed by atoms with Gasteiger partial charge in [0.05, 0.1) is 57.1 Å². The fourth-order valence-electron chi connectivity index (χ4n) is 5.63. The number of aliphatic imine (C=N–C) groups is 1. The highest BCUT2D eigenvalue weighted by molar-refractivity contribution is 7.93. The number of fused-ring (bicyclic) bond motifs is 2. The van der Waals surface area contributed by atoms with Gasteiger partial charge in [-0.3, -0.25) is 0 Å². The van der Waals surface area contributed by atoms with Gasteiger partial charge in [-0.2, -0.15) is 4.36 Å². The molecule has 202 valence electrons. The number of pyridine rings is 1. The van der Waals surface area contributed by atoms with Crippen LogP contribution in [0.25, 0.3) is 22.4 Å². The van der Waals surface area contributed by atoms with Crippen LogP contribution in [0.3, 0.4) is 0 Å². The maximum atomic E-state index is 12.7. The number of hydrogen-bond donors (Lipinski definition) is 1. The molecule has 39 heavy (non-hydrogen) atoms. The van der Waals surface area contributed by atoms with Gasteiger partial charge in [0.2, 0.25) is 0 Å². The van der Waals surface area contributed by atoms with E-state index in [1.807, 2.05) is 54.6 Å². The lowest BCUT2D eigenvalue weighted by Gasteiger charge is -2.17.